The van der Waals surface area contributed by atoms with Gasteiger partial charge in [-0.3, -0.25) is 0 Å². The molecule has 0 aliphatic rings. The molecule has 0 aliphatic carbocycles. The summed E-state index contributed by atoms with van der Waals surface area (Å²) in [5.41, 5.74) is 0. The Morgan fingerprint density at radius 1 is 1.79 bits per heavy atom. The standard InChI is InChI=1S/C10H12O3S/c1-2-10(12)13-7-8(11)6-9-4-3-5-14-9/h2-5,8,11H,1,6-7H2. The third-order valence-electron chi connectivity index (χ3n) is 1.60. The van der Waals surface area contributed by atoms with Crippen LogP contribution in [0.2, 0.25) is 0 Å². The quantitative estimate of drug-likeness (QED) is 0.592. The molecule has 1 rings (SSSR count). The summed E-state index contributed by atoms with van der Waals surface area (Å²) in [5.74, 6) is -0.504. The van der Waals surface area contributed by atoms with E-state index < -0.39 is 12.1 Å². The summed E-state index contributed by atoms with van der Waals surface area (Å²) in [6.07, 6.45) is 0.956. The minimum absolute atomic E-state index is 0.0166. The molecular formula is C10H12O3S. The van der Waals surface area contributed by atoms with Crippen molar-refractivity contribution in [2.45, 2.75) is 12.5 Å². The highest BCUT2D eigenvalue weighted by molar-refractivity contribution is 7.09. The molecule has 0 saturated carbocycles. The molecule has 4 heteroatoms. The Balaban J connectivity index is 2.26. The zero-order valence-electron chi connectivity index (χ0n) is 7.68. The molecule has 76 valence electrons. The molecular weight excluding hydrogens is 200 g/mol. The molecule has 0 bridgehead atoms. The second-order valence-corrected chi connectivity index (χ2v) is 3.80. The lowest BCUT2D eigenvalue weighted by molar-refractivity contribution is -0.140. The molecule has 1 unspecified atom stereocenters. The summed E-state index contributed by atoms with van der Waals surface area (Å²) in [7, 11) is 0. The number of aliphatic hydroxyl groups is 1. The van der Waals surface area contributed by atoms with Gasteiger partial charge in [-0.15, -0.1) is 11.3 Å². The van der Waals surface area contributed by atoms with Gasteiger partial charge in [0.1, 0.15) is 6.61 Å². The lowest BCUT2D eigenvalue weighted by Crippen LogP contribution is -2.19. The van der Waals surface area contributed by atoms with Crippen molar-refractivity contribution >= 4 is 17.3 Å². The van der Waals surface area contributed by atoms with Gasteiger partial charge in [0.25, 0.3) is 0 Å². The molecule has 1 aromatic heterocycles. The molecule has 0 radical (unpaired) electrons. The van der Waals surface area contributed by atoms with Crippen LogP contribution in [0.1, 0.15) is 4.88 Å². The number of carbonyl (C=O) groups is 1. The zero-order chi connectivity index (χ0) is 10.4. The predicted octanol–water partition coefficient (Wildman–Crippen LogP) is 1.38. The molecule has 1 heterocycles. The highest BCUT2D eigenvalue weighted by Crippen LogP contribution is 2.11. The second kappa shape index (κ2) is 5.57. The van der Waals surface area contributed by atoms with Crippen molar-refractivity contribution in [1.82, 2.24) is 0 Å². The molecule has 0 saturated heterocycles. The maximum atomic E-state index is 10.7. The molecule has 3 nitrogen and oxygen atoms in total. The normalized spacial score (nSPS) is 12.1. The van der Waals surface area contributed by atoms with E-state index in [-0.39, 0.29) is 6.61 Å². The van der Waals surface area contributed by atoms with Crippen molar-refractivity contribution in [3.63, 3.8) is 0 Å². The summed E-state index contributed by atoms with van der Waals surface area (Å²) in [6, 6.07) is 3.85. The fourth-order valence-electron chi connectivity index (χ4n) is 0.957. The SMILES string of the molecule is C=CC(=O)OCC(O)Cc1cccs1. The first kappa shape index (κ1) is 10.9. The van der Waals surface area contributed by atoms with E-state index in [1.54, 1.807) is 11.3 Å². The average molecular weight is 212 g/mol. The van der Waals surface area contributed by atoms with Crippen LogP contribution in [0.5, 0.6) is 0 Å². The molecule has 0 spiro atoms. The van der Waals surface area contributed by atoms with E-state index in [0.717, 1.165) is 11.0 Å². The van der Waals surface area contributed by atoms with Crippen LogP contribution < -0.4 is 0 Å². The van der Waals surface area contributed by atoms with Crippen molar-refractivity contribution in [2.24, 2.45) is 0 Å². The Bertz CT molecular complexity index is 292. The molecule has 1 N–H and O–H groups in total. The summed E-state index contributed by atoms with van der Waals surface area (Å²) < 4.78 is 4.70. The first-order valence-electron chi connectivity index (χ1n) is 4.22. The number of thiophene rings is 1. The Morgan fingerprint density at radius 3 is 3.14 bits per heavy atom. The lowest BCUT2D eigenvalue weighted by atomic mass is 10.2. The van der Waals surface area contributed by atoms with E-state index in [4.69, 9.17) is 4.74 Å². The molecule has 14 heavy (non-hydrogen) atoms. The number of hydrogen-bond donors (Lipinski definition) is 1. The Morgan fingerprint density at radius 2 is 2.57 bits per heavy atom. The van der Waals surface area contributed by atoms with Crippen LogP contribution in [0.4, 0.5) is 0 Å². The van der Waals surface area contributed by atoms with Crippen molar-refractivity contribution in [2.75, 3.05) is 6.61 Å². The zero-order valence-corrected chi connectivity index (χ0v) is 8.50. The van der Waals surface area contributed by atoms with Crippen LogP contribution in [-0.2, 0) is 16.0 Å². The minimum Gasteiger partial charge on any atom is -0.460 e. The summed E-state index contributed by atoms with van der Waals surface area (Å²) >= 11 is 1.57. The fraction of sp³-hybridized carbons (Fsp3) is 0.300. The van der Waals surface area contributed by atoms with Crippen LogP contribution in [0.15, 0.2) is 30.2 Å². The van der Waals surface area contributed by atoms with Crippen LogP contribution in [0.25, 0.3) is 0 Å². The van der Waals surface area contributed by atoms with Gasteiger partial charge in [0.2, 0.25) is 0 Å². The number of ether oxygens (including phenoxy) is 1. The Kier molecular flexibility index (Phi) is 4.35. The fourth-order valence-corrected chi connectivity index (χ4v) is 1.73. The van der Waals surface area contributed by atoms with Crippen molar-refractivity contribution in [1.29, 1.82) is 0 Å². The van der Waals surface area contributed by atoms with E-state index in [9.17, 15) is 9.90 Å². The lowest BCUT2D eigenvalue weighted by Gasteiger charge is -2.08. The third kappa shape index (κ3) is 3.72. The van der Waals surface area contributed by atoms with Gasteiger partial charge in [-0.1, -0.05) is 12.6 Å². The molecule has 0 aromatic carbocycles. The number of rotatable bonds is 5. The molecule has 0 aliphatic heterocycles. The highest BCUT2D eigenvalue weighted by atomic mass is 32.1. The van der Waals surface area contributed by atoms with Gasteiger partial charge in [0, 0.05) is 17.4 Å². The molecule has 0 fully saturated rings. The monoisotopic (exact) mass is 212 g/mol. The van der Waals surface area contributed by atoms with Crippen molar-refractivity contribution in [3.05, 3.63) is 35.0 Å². The van der Waals surface area contributed by atoms with Crippen LogP contribution in [0.3, 0.4) is 0 Å². The minimum atomic E-state index is -0.641. The van der Waals surface area contributed by atoms with Gasteiger partial charge in [-0.25, -0.2) is 4.79 Å². The highest BCUT2D eigenvalue weighted by Gasteiger charge is 2.08. The first-order chi connectivity index (χ1) is 6.72. The van der Waals surface area contributed by atoms with Gasteiger partial charge in [-0.05, 0) is 11.4 Å². The summed E-state index contributed by atoms with van der Waals surface area (Å²) in [4.78, 5) is 11.7. The Labute approximate surface area is 86.6 Å². The van der Waals surface area contributed by atoms with Crippen LogP contribution in [0, 0.1) is 0 Å². The van der Waals surface area contributed by atoms with Gasteiger partial charge in [-0.2, -0.15) is 0 Å². The number of esters is 1. The Hall–Kier alpha value is -1.13. The van der Waals surface area contributed by atoms with Crippen molar-refractivity contribution < 1.29 is 14.6 Å². The van der Waals surface area contributed by atoms with Crippen LogP contribution in [-0.4, -0.2) is 23.8 Å². The van der Waals surface area contributed by atoms with Crippen molar-refractivity contribution in [3.8, 4) is 0 Å². The van der Waals surface area contributed by atoms with E-state index in [1.807, 2.05) is 17.5 Å². The number of aliphatic hydroxyl groups excluding tert-OH is 1. The average Bonchev–Trinajstić information content (AvgIpc) is 2.66. The smallest absolute Gasteiger partial charge is 0.330 e. The molecule has 0 amide bonds. The van der Waals surface area contributed by atoms with E-state index in [0.29, 0.717) is 6.42 Å². The number of carbonyl (C=O) groups excluding carboxylic acids is 1. The third-order valence-corrected chi connectivity index (χ3v) is 2.50. The maximum Gasteiger partial charge on any atom is 0.330 e. The second-order valence-electron chi connectivity index (χ2n) is 2.77. The molecule has 1 atom stereocenters. The van der Waals surface area contributed by atoms with E-state index in [1.165, 1.54) is 0 Å². The van der Waals surface area contributed by atoms with E-state index >= 15 is 0 Å². The first-order valence-corrected chi connectivity index (χ1v) is 5.10. The van der Waals surface area contributed by atoms with Crippen LogP contribution >= 0.6 is 11.3 Å². The predicted molar refractivity (Wildman–Crippen MR) is 55.2 cm³/mol. The van der Waals surface area contributed by atoms with E-state index in [2.05, 4.69) is 6.58 Å². The number of hydrogen-bond acceptors (Lipinski definition) is 4. The largest absolute Gasteiger partial charge is 0.460 e. The van der Waals surface area contributed by atoms with Gasteiger partial charge in [0.05, 0.1) is 6.10 Å². The van der Waals surface area contributed by atoms with Gasteiger partial charge < -0.3 is 9.84 Å². The molecule has 1 aromatic rings. The van der Waals surface area contributed by atoms with Gasteiger partial charge >= 0.3 is 5.97 Å². The summed E-state index contributed by atoms with van der Waals surface area (Å²) in [5, 5.41) is 11.4. The maximum absolute atomic E-state index is 10.7. The van der Waals surface area contributed by atoms with Gasteiger partial charge in [0.15, 0.2) is 0 Å². The topological polar surface area (TPSA) is 46.5 Å². The summed E-state index contributed by atoms with van der Waals surface area (Å²) in [6.45, 7) is 3.28.